The first-order valence-electron chi connectivity index (χ1n) is 5.91. The quantitative estimate of drug-likeness (QED) is 0.832. The van der Waals surface area contributed by atoms with E-state index in [1.54, 1.807) is 7.05 Å². The fraction of sp³-hybridized carbons (Fsp3) is 0.286. The molecule has 102 valence electrons. The summed E-state index contributed by atoms with van der Waals surface area (Å²) in [6.07, 6.45) is 2.83. The van der Waals surface area contributed by atoms with Gasteiger partial charge in [0, 0.05) is 30.8 Å². The van der Waals surface area contributed by atoms with Crippen molar-refractivity contribution in [2.45, 2.75) is 13.3 Å². The van der Waals surface area contributed by atoms with Crippen LogP contribution in [-0.2, 0) is 4.79 Å². The normalized spacial score (nSPS) is 10.7. The number of carbonyl (C=O) groups is 2. The highest BCUT2D eigenvalue weighted by atomic mass is 19.1. The number of amides is 1. The van der Waals surface area contributed by atoms with Gasteiger partial charge in [-0.25, -0.2) is 9.18 Å². The van der Waals surface area contributed by atoms with Crippen LogP contribution in [-0.4, -0.2) is 35.5 Å². The minimum Gasteiger partial charge on any atom is -0.478 e. The van der Waals surface area contributed by atoms with Crippen LogP contribution in [0, 0.1) is 5.82 Å². The molecule has 5 heteroatoms. The third-order valence-corrected chi connectivity index (χ3v) is 2.56. The predicted octanol–water partition coefficient (Wildman–Crippen LogP) is 2.41. The van der Waals surface area contributed by atoms with Crippen LogP contribution >= 0.6 is 0 Å². The minimum atomic E-state index is -1.15. The summed E-state index contributed by atoms with van der Waals surface area (Å²) in [5.41, 5.74) is 0.387. The van der Waals surface area contributed by atoms with E-state index in [1.807, 2.05) is 6.92 Å². The van der Waals surface area contributed by atoms with Gasteiger partial charge in [0.2, 0.25) is 0 Å². The van der Waals surface area contributed by atoms with E-state index in [9.17, 15) is 14.0 Å². The van der Waals surface area contributed by atoms with Crippen molar-refractivity contribution in [1.82, 2.24) is 4.90 Å². The van der Waals surface area contributed by atoms with Crippen molar-refractivity contribution >= 4 is 18.0 Å². The van der Waals surface area contributed by atoms with Crippen molar-refractivity contribution in [3.05, 3.63) is 41.2 Å². The first-order valence-corrected chi connectivity index (χ1v) is 5.91. The van der Waals surface area contributed by atoms with Gasteiger partial charge in [-0.3, -0.25) is 4.79 Å². The molecule has 0 spiro atoms. The summed E-state index contributed by atoms with van der Waals surface area (Å²) in [6.45, 7) is 2.55. The standard InChI is InChI=1S/C14H16FNO3/c1-3-8-16(2)14(19)11-5-4-10(12(15)9-11)6-7-13(17)18/h4-7,9H,3,8H2,1-2H3,(H,17,18). The molecule has 0 unspecified atom stereocenters. The molecule has 4 nitrogen and oxygen atoms in total. The van der Waals surface area contributed by atoms with E-state index in [2.05, 4.69) is 0 Å². The Morgan fingerprint density at radius 3 is 2.63 bits per heavy atom. The van der Waals surface area contributed by atoms with Crippen LogP contribution < -0.4 is 0 Å². The maximum Gasteiger partial charge on any atom is 0.328 e. The number of carbonyl (C=O) groups excluding carboxylic acids is 1. The minimum absolute atomic E-state index is 0.136. The molecule has 0 saturated carbocycles. The second-order valence-electron chi connectivity index (χ2n) is 4.13. The molecule has 0 radical (unpaired) electrons. The maximum atomic E-state index is 13.7. The van der Waals surface area contributed by atoms with Gasteiger partial charge < -0.3 is 10.0 Å². The summed E-state index contributed by atoms with van der Waals surface area (Å²) in [7, 11) is 1.65. The molecule has 1 N–H and O–H groups in total. The molecule has 0 bridgehead atoms. The van der Waals surface area contributed by atoms with Crippen molar-refractivity contribution in [2.24, 2.45) is 0 Å². The van der Waals surface area contributed by atoms with Crippen LogP contribution in [0.3, 0.4) is 0 Å². The second kappa shape index (κ2) is 6.68. The fourth-order valence-electron chi connectivity index (χ4n) is 1.61. The topological polar surface area (TPSA) is 57.6 Å². The number of aliphatic carboxylic acids is 1. The number of rotatable bonds is 5. The Bertz CT molecular complexity index is 511. The third kappa shape index (κ3) is 4.21. The van der Waals surface area contributed by atoms with Crippen LogP contribution in [0.1, 0.15) is 29.3 Å². The third-order valence-electron chi connectivity index (χ3n) is 2.56. The van der Waals surface area contributed by atoms with Gasteiger partial charge >= 0.3 is 5.97 Å². The van der Waals surface area contributed by atoms with Gasteiger partial charge in [0.15, 0.2) is 0 Å². The highest BCUT2D eigenvalue weighted by Gasteiger charge is 2.12. The highest BCUT2D eigenvalue weighted by molar-refractivity contribution is 5.94. The molecule has 1 amide bonds. The van der Waals surface area contributed by atoms with E-state index < -0.39 is 11.8 Å². The molecule has 0 aliphatic heterocycles. The van der Waals surface area contributed by atoms with Crippen molar-refractivity contribution in [2.75, 3.05) is 13.6 Å². The van der Waals surface area contributed by atoms with E-state index in [4.69, 9.17) is 5.11 Å². The van der Waals surface area contributed by atoms with Crippen molar-refractivity contribution in [3.8, 4) is 0 Å². The van der Waals surface area contributed by atoms with Crippen molar-refractivity contribution in [1.29, 1.82) is 0 Å². The predicted molar refractivity (Wildman–Crippen MR) is 70.3 cm³/mol. The Labute approximate surface area is 111 Å². The van der Waals surface area contributed by atoms with Crippen LogP contribution in [0.4, 0.5) is 4.39 Å². The number of carboxylic acid groups (broad SMARTS) is 1. The van der Waals surface area contributed by atoms with Crippen molar-refractivity contribution < 1.29 is 19.1 Å². The lowest BCUT2D eigenvalue weighted by molar-refractivity contribution is -0.131. The molecule has 0 heterocycles. The maximum absolute atomic E-state index is 13.7. The number of hydrogen-bond acceptors (Lipinski definition) is 2. The van der Waals surface area contributed by atoms with Crippen LogP contribution in [0.15, 0.2) is 24.3 Å². The Kier molecular flexibility index (Phi) is 5.23. The van der Waals surface area contributed by atoms with Gasteiger partial charge in [0.05, 0.1) is 0 Å². The van der Waals surface area contributed by atoms with E-state index in [1.165, 1.54) is 17.0 Å². The van der Waals surface area contributed by atoms with Crippen molar-refractivity contribution in [3.63, 3.8) is 0 Å². The van der Waals surface area contributed by atoms with Gasteiger partial charge in [-0.2, -0.15) is 0 Å². The Morgan fingerprint density at radius 1 is 1.42 bits per heavy atom. The summed E-state index contributed by atoms with van der Waals surface area (Å²) >= 11 is 0. The number of benzene rings is 1. The van der Waals surface area contributed by atoms with Gasteiger partial charge in [-0.1, -0.05) is 13.0 Å². The smallest absolute Gasteiger partial charge is 0.328 e. The Hall–Kier alpha value is -2.17. The number of nitrogens with zero attached hydrogens (tertiary/aromatic N) is 1. The summed E-state index contributed by atoms with van der Waals surface area (Å²) in [5, 5.41) is 8.47. The van der Waals surface area contributed by atoms with E-state index >= 15 is 0 Å². The van der Waals surface area contributed by atoms with Gasteiger partial charge in [0.1, 0.15) is 5.82 Å². The number of halogens is 1. The van der Waals surface area contributed by atoms with Gasteiger partial charge in [-0.05, 0) is 24.6 Å². The zero-order valence-corrected chi connectivity index (χ0v) is 10.9. The number of carboxylic acids is 1. The molecule has 0 fully saturated rings. The number of hydrogen-bond donors (Lipinski definition) is 1. The van der Waals surface area contributed by atoms with Crippen LogP contribution in [0.25, 0.3) is 6.08 Å². The molecular weight excluding hydrogens is 249 g/mol. The highest BCUT2D eigenvalue weighted by Crippen LogP contribution is 2.13. The molecule has 19 heavy (non-hydrogen) atoms. The molecule has 0 saturated heterocycles. The lowest BCUT2D eigenvalue weighted by Gasteiger charge is -2.16. The summed E-state index contributed by atoms with van der Waals surface area (Å²) < 4.78 is 13.7. The Morgan fingerprint density at radius 2 is 2.11 bits per heavy atom. The lowest BCUT2D eigenvalue weighted by Crippen LogP contribution is -2.27. The molecule has 1 aromatic rings. The van der Waals surface area contributed by atoms with Gasteiger partial charge in [-0.15, -0.1) is 0 Å². The van der Waals surface area contributed by atoms with Crippen LogP contribution in [0.2, 0.25) is 0 Å². The van der Waals surface area contributed by atoms with Crippen LogP contribution in [0.5, 0.6) is 0 Å². The molecule has 0 aliphatic carbocycles. The molecule has 1 aromatic carbocycles. The molecule has 0 aliphatic rings. The van der Waals surface area contributed by atoms with E-state index in [0.717, 1.165) is 24.6 Å². The fourth-order valence-corrected chi connectivity index (χ4v) is 1.61. The zero-order valence-electron chi connectivity index (χ0n) is 10.9. The van der Waals surface area contributed by atoms with E-state index in [0.29, 0.717) is 6.54 Å². The molecular formula is C14H16FNO3. The largest absolute Gasteiger partial charge is 0.478 e. The summed E-state index contributed by atoms with van der Waals surface area (Å²) in [5.74, 6) is -2.02. The zero-order chi connectivity index (χ0) is 14.4. The first kappa shape index (κ1) is 14.9. The molecule has 0 aromatic heterocycles. The average molecular weight is 265 g/mol. The average Bonchev–Trinajstić information content (AvgIpc) is 2.36. The summed E-state index contributed by atoms with van der Waals surface area (Å²) in [6, 6.07) is 4.00. The SMILES string of the molecule is CCCN(C)C(=O)c1ccc(C=CC(=O)O)c(F)c1. The monoisotopic (exact) mass is 265 g/mol. The van der Waals surface area contributed by atoms with Gasteiger partial charge in [0.25, 0.3) is 5.91 Å². The first-order chi connectivity index (χ1) is 8.95. The Balaban J connectivity index is 2.93. The molecule has 1 rings (SSSR count). The molecule has 0 atom stereocenters. The lowest BCUT2D eigenvalue weighted by atomic mass is 10.1. The second-order valence-corrected chi connectivity index (χ2v) is 4.13. The summed E-state index contributed by atoms with van der Waals surface area (Å²) in [4.78, 5) is 23.8. The van der Waals surface area contributed by atoms with E-state index in [-0.39, 0.29) is 17.0 Å².